The number of aliphatic hydroxyl groups excluding tert-OH is 2. The first kappa shape index (κ1) is 32.4. The van der Waals surface area contributed by atoms with Crippen molar-refractivity contribution < 1.29 is 44.2 Å². The third kappa shape index (κ3) is 5.15. The predicted molar refractivity (Wildman–Crippen MR) is 170 cm³/mol. The van der Waals surface area contributed by atoms with E-state index in [-0.39, 0.29) is 51.6 Å². The minimum Gasteiger partial charge on any atom is -0.507 e. The van der Waals surface area contributed by atoms with Gasteiger partial charge in [-0.15, -0.1) is 0 Å². The topological polar surface area (TPSA) is 149 Å². The summed E-state index contributed by atoms with van der Waals surface area (Å²) in [5.41, 5.74) is 1.00. The van der Waals surface area contributed by atoms with E-state index in [0.717, 1.165) is 5.56 Å². The molecule has 46 heavy (non-hydrogen) atoms. The second kappa shape index (κ2) is 11.9. The molecule has 0 unspecified atom stereocenters. The van der Waals surface area contributed by atoms with Crippen LogP contribution in [0.1, 0.15) is 75.8 Å². The molecule has 11 nitrogen and oxygen atoms in total. The van der Waals surface area contributed by atoms with Crippen molar-refractivity contribution in [3.8, 4) is 17.2 Å². The number of hydrogen-bond acceptors (Lipinski definition) is 11. The summed E-state index contributed by atoms with van der Waals surface area (Å²) in [6.07, 6.45) is -3.31. The van der Waals surface area contributed by atoms with Gasteiger partial charge in [-0.3, -0.25) is 9.59 Å². The second-order valence-electron chi connectivity index (χ2n) is 13.3. The maximum atomic E-state index is 14.3. The Morgan fingerprint density at radius 2 is 1.43 bits per heavy atom. The smallest absolute Gasteiger partial charge is 0.201 e. The number of phenolic OH excluding ortho intramolecular Hbond substituents is 2. The van der Waals surface area contributed by atoms with Gasteiger partial charge >= 0.3 is 0 Å². The second-order valence-corrected chi connectivity index (χ2v) is 13.3. The molecule has 0 radical (unpaired) electrons. The summed E-state index contributed by atoms with van der Waals surface area (Å²) in [7, 11) is 7.54. The quantitative estimate of drug-likeness (QED) is 0.256. The van der Waals surface area contributed by atoms with Crippen LogP contribution in [0.15, 0.2) is 30.3 Å². The largest absolute Gasteiger partial charge is 0.507 e. The number of rotatable bonds is 5. The van der Waals surface area contributed by atoms with Gasteiger partial charge in [0.2, 0.25) is 12.1 Å². The summed E-state index contributed by atoms with van der Waals surface area (Å²) in [4.78, 5) is 32.0. The fourth-order valence-corrected chi connectivity index (χ4v) is 7.40. The standard InChI is InChI=1S/C35H42N2O9/c1-15-11-18-12-23(39)29-30(33(42)19-9-8-10-22(38)28(19)34(29)43)27(18)35(46-25-14-21(37(6)7)32(41)17(3)45-25)26(15)24-13-20(36(4)5)31(40)16(2)44-24/h8-12,16-17,20-21,24-25,31-32,38-41H,13-14H2,1-7H3/t16-,17-,20-,21-,24+,25+,31-,32+/m0/s1. The van der Waals surface area contributed by atoms with Gasteiger partial charge in [-0.2, -0.15) is 0 Å². The fraction of sp³-hybridized carbons (Fsp3) is 0.486. The van der Waals surface area contributed by atoms with Crippen molar-refractivity contribution in [1.29, 1.82) is 0 Å². The molecule has 11 heteroatoms. The minimum absolute atomic E-state index is 0.0224. The first-order valence-corrected chi connectivity index (χ1v) is 15.6. The van der Waals surface area contributed by atoms with Gasteiger partial charge in [-0.05, 0) is 78.5 Å². The zero-order valence-electron chi connectivity index (χ0n) is 27.1. The van der Waals surface area contributed by atoms with Crippen molar-refractivity contribution in [2.75, 3.05) is 28.2 Å². The molecule has 6 rings (SSSR count). The zero-order valence-corrected chi connectivity index (χ0v) is 27.1. The van der Waals surface area contributed by atoms with Crippen LogP contribution in [0.5, 0.6) is 17.2 Å². The number of ether oxygens (including phenoxy) is 3. The van der Waals surface area contributed by atoms with E-state index in [2.05, 4.69) is 0 Å². The Hall–Kier alpha value is -3.58. The van der Waals surface area contributed by atoms with Crippen LogP contribution in [0.3, 0.4) is 0 Å². The lowest BCUT2D eigenvalue weighted by atomic mass is 9.79. The molecular weight excluding hydrogens is 592 g/mol. The number of aliphatic hydroxyl groups is 2. The molecular formula is C35H42N2O9. The molecule has 0 saturated carbocycles. The van der Waals surface area contributed by atoms with E-state index >= 15 is 0 Å². The Morgan fingerprint density at radius 1 is 0.804 bits per heavy atom. The molecule has 8 atom stereocenters. The number of carbonyl (C=O) groups is 2. The van der Waals surface area contributed by atoms with Gasteiger partial charge in [0.15, 0.2) is 5.78 Å². The highest BCUT2D eigenvalue weighted by molar-refractivity contribution is 6.34. The van der Waals surface area contributed by atoms with Crippen LogP contribution in [-0.2, 0) is 9.47 Å². The summed E-state index contributed by atoms with van der Waals surface area (Å²) < 4.78 is 19.4. The zero-order chi connectivity index (χ0) is 33.4. The molecule has 3 aromatic rings. The highest BCUT2D eigenvalue weighted by atomic mass is 16.7. The molecule has 3 aromatic carbocycles. The van der Waals surface area contributed by atoms with Gasteiger partial charge in [-0.25, -0.2) is 0 Å². The Kier molecular flexibility index (Phi) is 8.37. The first-order valence-electron chi connectivity index (χ1n) is 15.6. The van der Waals surface area contributed by atoms with Crippen molar-refractivity contribution in [2.24, 2.45) is 0 Å². The number of aryl methyl sites for hydroxylation is 1. The third-order valence-corrected chi connectivity index (χ3v) is 9.86. The van der Waals surface area contributed by atoms with Gasteiger partial charge in [0, 0.05) is 40.6 Å². The normalized spacial score (nSPS) is 29.7. The van der Waals surface area contributed by atoms with Crippen molar-refractivity contribution >= 4 is 22.3 Å². The third-order valence-electron chi connectivity index (χ3n) is 9.86. The van der Waals surface area contributed by atoms with Crippen LogP contribution in [-0.4, -0.2) is 113 Å². The molecule has 246 valence electrons. The molecule has 2 fully saturated rings. The molecule has 2 saturated heterocycles. The summed E-state index contributed by atoms with van der Waals surface area (Å²) in [6, 6.07) is 7.03. The number of aromatic hydroxyl groups is 2. The van der Waals surface area contributed by atoms with E-state index in [1.165, 1.54) is 24.3 Å². The van der Waals surface area contributed by atoms with Gasteiger partial charge in [0.05, 0.1) is 41.6 Å². The number of phenols is 2. The van der Waals surface area contributed by atoms with Crippen LogP contribution in [0.4, 0.5) is 0 Å². The Bertz CT molecular complexity index is 1720. The lowest BCUT2D eigenvalue weighted by Crippen LogP contribution is -2.54. The highest BCUT2D eigenvalue weighted by Gasteiger charge is 2.43. The minimum atomic E-state index is -0.846. The molecule has 3 aliphatic rings. The van der Waals surface area contributed by atoms with E-state index in [9.17, 15) is 30.0 Å². The van der Waals surface area contributed by atoms with Gasteiger partial charge in [-0.1, -0.05) is 18.2 Å². The van der Waals surface area contributed by atoms with Gasteiger partial charge < -0.3 is 44.4 Å². The molecule has 1 aliphatic carbocycles. The molecule has 2 heterocycles. The molecule has 2 aliphatic heterocycles. The van der Waals surface area contributed by atoms with Crippen molar-refractivity contribution in [3.63, 3.8) is 0 Å². The lowest BCUT2D eigenvalue weighted by molar-refractivity contribution is -0.202. The number of nitrogens with zero attached hydrogens (tertiary/aromatic N) is 2. The molecule has 0 aromatic heterocycles. The van der Waals surface area contributed by atoms with Crippen molar-refractivity contribution in [3.05, 3.63) is 63.7 Å². The molecule has 0 amide bonds. The van der Waals surface area contributed by atoms with Crippen LogP contribution in [0.25, 0.3) is 10.8 Å². The number of hydrogen-bond donors (Lipinski definition) is 4. The van der Waals surface area contributed by atoms with E-state index in [4.69, 9.17) is 14.2 Å². The number of ketones is 2. The van der Waals surface area contributed by atoms with E-state index in [1.807, 2.05) is 57.9 Å². The van der Waals surface area contributed by atoms with Crippen LogP contribution >= 0.6 is 0 Å². The number of likely N-dealkylation sites (N-methyl/N-ethyl adjacent to an activating group) is 2. The SMILES string of the molecule is Cc1cc2cc(O)c3c(c2c(O[C@@H]2C[C@H](N(C)C)[C@H](O)[C@H](C)O2)c1[C@H]1C[C@H](N(C)C)[C@@H](O)[C@H](C)O1)C(=O)c1cccc(O)c1C3=O. The lowest BCUT2D eigenvalue weighted by Gasteiger charge is -2.43. The van der Waals surface area contributed by atoms with E-state index in [0.29, 0.717) is 29.2 Å². The maximum Gasteiger partial charge on any atom is 0.201 e. The maximum absolute atomic E-state index is 14.3. The molecule has 0 spiro atoms. The Balaban J connectivity index is 1.62. The average Bonchev–Trinajstić information content (AvgIpc) is 2.98. The van der Waals surface area contributed by atoms with E-state index < -0.39 is 48.4 Å². The van der Waals surface area contributed by atoms with Crippen LogP contribution in [0, 0.1) is 6.92 Å². The van der Waals surface area contributed by atoms with Crippen LogP contribution in [0.2, 0.25) is 0 Å². The molecule has 0 bridgehead atoms. The number of benzene rings is 3. The summed E-state index contributed by atoms with van der Waals surface area (Å²) >= 11 is 0. The Morgan fingerprint density at radius 3 is 2.09 bits per heavy atom. The van der Waals surface area contributed by atoms with Gasteiger partial charge in [0.1, 0.15) is 17.2 Å². The van der Waals surface area contributed by atoms with Gasteiger partial charge in [0.25, 0.3) is 0 Å². The number of carbonyl (C=O) groups excluding carboxylic acids is 2. The summed E-state index contributed by atoms with van der Waals surface area (Å²) in [5.74, 6) is -1.68. The summed E-state index contributed by atoms with van der Waals surface area (Å²) in [6.45, 7) is 5.47. The first-order chi connectivity index (χ1) is 21.7. The van der Waals surface area contributed by atoms with Crippen LogP contribution < -0.4 is 4.74 Å². The summed E-state index contributed by atoms with van der Waals surface area (Å²) in [5, 5.41) is 44.4. The Labute approximate surface area is 267 Å². The number of fused-ring (bicyclic) bond motifs is 4. The predicted octanol–water partition coefficient (Wildman–Crippen LogP) is 3.28. The van der Waals surface area contributed by atoms with E-state index in [1.54, 1.807) is 6.92 Å². The van der Waals surface area contributed by atoms with Crippen molar-refractivity contribution in [1.82, 2.24) is 9.80 Å². The fourth-order valence-electron chi connectivity index (χ4n) is 7.40. The molecule has 4 N–H and O–H groups in total. The van der Waals surface area contributed by atoms with Crippen molar-refractivity contribution in [2.45, 2.75) is 82.5 Å². The highest BCUT2D eigenvalue weighted by Crippen LogP contribution is 2.49. The monoisotopic (exact) mass is 634 g/mol. The average molecular weight is 635 g/mol.